The minimum absolute atomic E-state index is 0.0657. The SMILES string of the molecule is CCCCCCCCCCc1ccccc1CP(C(C)(C)C)C(C)(C)C. The van der Waals surface area contributed by atoms with Crippen molar-refractivity contribution in [1.82, 2.24) is 0 Å². The van der Waals surface area contributed by atoms with E-state index in [4.69, 9.17) is 0 Å². The molecule has 0 aliphatic carbocycles. The minimum atomic E-state index is -0.0657. The molecule has 150 valence electrons. The second-order valence-electron chi connectivity index (χ2n) is 9.92. The van der Waals surface area contributed by atoms with E-state index in [1.54, 1.807) is 11.1 Å². The van der Waals surface area contributed by atoms with Crippen molar-refractivity contribution in [3.63, 3.8) is 0 Å². The molecule has 0 N–H and O–H groups in total. The van der Waals surface area contributed by atoms with Crippen molar-refractivity contribution < 1.29 is 0 Å². The maximum absolute atomic E-state index is 2.44. The van der Waals surface area contributed by atoms with E-state index in [-0.39, 0.29) is 7.92 Å². The molecule has 0 nitrogen and oxygen atoms in total. The van der Waals surface area contributed by atoms with Gasteiger partial charge in [-0.25, -0.2) is 0 Å². The molecular weight excluding hydrogens is 331 g/mol. The average Bonchev–Trinajstić information content (AvgIpc) is 2.54. The number of hydrogen-bond donors (Lipinski definition) is 0. The first-order chi connectivity index (χ1) is 12.2. The van der Waals surface area contributed by atoms with Gasteiger partial charge in [0, 0.05) is 0 Å². The van der Waals surface area contributed by atoms with Crippen molar-refractivity contribution in [2.24, 2.45) is 0 Å². The second kappa shape index (κ2) is 11.5. The summed E-state index contributed by atoms with van der Waals surface area (Å²) < 4.78 is 0. The van der Waals surface area contributed by atoms with Crippen molar-refractivity contribution in [3.05, 3.63) is 35.4 Å². The molecule has 0 heterocycles. The Morgan fingerprint density at radius 1 is 0.654 bits per heavy atom. The Kier molecular flexibility index (Phi) is 10.5. The average molecular weight is 377 g/mol. The zero-order valence-corrected chi connectivity index (χ0v) is 19.7. The lowest BCUT2D eigenvalue weighted by molar-refractivity contribution is 0.575. The third-order valence-electron chi connectivity index (χ3n) is 5.37. The zero-order chi connectivity index (χ0) is 19.6. The lowest BCUT2D eigenvalue weighted by atomic mass is 10.0. The molecule has 1 rings (SSSR count). The fourth-order valence-corrected chi connectivity index (χ4v) is 7.67. The number of hydrogen-bond acceptors (Lipinski definition) is 0. The van der Waals surface area contributed by atoms with Crippen molar-refractivity contribution in [2.75, 3.05) is 0 Å². The molecule has 0 saturated carbocycles. The number of aryl methyl sites for hydroxylation is 1. The predicted molar refractivity (Wildman–Crippen MR) is 123 cm³/mol. The maximum Gasteiger partial charge on any atom is -0.00610 e. The van der Waals surface area contributed by atoms with Gasteiger partial charge in [-0.15, -0.1) is 0 Å². The molecular formula is C25H45P. The van der Waals surface area contributed by atoms with Gasteiger partial charge in [-0.3, -0.25) is 0 Å². The minimum Gasteiger partial charge on any atom is -0.0911 e. The summed E-state index contributed by atoms with van der Waals surface area (Å²) in [5.41, 5.74) is 3.23. The van der Waals surface area contributed by atoms with E-state index in [2.05, 4.69) is 72.7 Å². The summed E-state index contributed by atoms with van der Waals surface area (Å²) in [5, 5.41) is 0.804. The molecule has 0 saturated heterocycles. The first kappa shape index (κ1) is 23.7. The Bertz CT molecular complexity index is 476. The van der Waals surface area contributed by atoms with Crippen LogP contribution in [-0.4, -0.2) is 10.3 Å². The number of benzene rings is 1. The first-order valence-corrected chi connectivity index (χ1v) is 12.5. The standard InChI is InChI=1S/C25H45P/c1-8-9-10-11-12-13-14-15-18-22-19-16-17-20-23(22)21-26(24(2,3)4)25(5,6)7/h16-17,19-20H,8-15,18,21H2,1-7H3. The molecule has 0 amide bonds. The second-order valence-corrected chi connectivity index (χ2v) is 13.8. The van der Waals surface area contributed by atoms with Crippen molar-refractivity contribution >= 4 is 7.92 Å². The Morgan fingerprint density at radius 2 is 1.12 bits per heavy atom. The smallest absolute Gasteiger partial charge is 0.00610 e. The van der Waals surface area contributed by atoms with Crippen molar-refractivity contribution in [3.8, 4) is 0 Å². The molecule has 26 heavy (non-hydrogen) atoms. The van der Waals surface area contributed by atoms with Gasteiger partial charge in [0.1, 0.15) is 0 Å². The highest BCUT2D eigenvalue weighted by molar-refractivity contribution is 7.60. The van der Waals surface area contributed by atoms with E-state index in [1.807, 2.05) is 0 Å². The summed E-state index contributed by atoms with van der Waals surface area (Å²) in [7, 11) is -0.0657. The number of rotatable bonds is 11. The van der Waals surface area contributed by atoms with Crippen LogP contribution >= 0.6 is 7.92 Å². The molecule has 0 fully saturated rings. The molecule has 1 aromatic carbocycles. The van der Waals surface area contributed by atoms with Gasteiger partial charge in [0.15, 0.2) is 0 Å². The van der Waals surface area contributed by atoms with Crippen molar-refractivity contribution in [2.45, 2.75) is 123 Å². The fraction of sp³-hybridized carbons (Fsp3) is 0.760. The Labute approximate surface area is 166 Å². The molecule has 0 aromatic heterocycles. The molecule has 0 radical (unpaired) electrons. The van der Waals surface area contributed by atoms with Crippen LogP contribution < -0.4 is 0 Å². The van der Waals surface area contributed by atoms with Crippen LogP contribution in [0.4, 0.5) is 0 Å². The van der Waals surface area contributed by atoms with E-state index < -0.39 is 0 Å². The zero-order valence-electron chi connectivity index (χ0n) is 18.8. The van der Waals surface area contributed by atoms with Crippen LogP contribution in [-0.2, 0) is 12.6 Å². The van der Waals surface area contributed by atoms with Crippen LogP contribution in [0.5, 0.6) is 0 Å². The van der Waals surface area contributed by atoms with Crippen LogP contribution in [0.3, 0.4) is 0 Å². The molecule has 0 aliphatic heterocycles. The topological polar surface area (TPSA) is 0 Å². The van der Waals surface area contributed by atoms with Crippen LogP contribution in [0.2, 0.25) is 0 Å². The van der Waals surface area contributed by atoms with Gasteiger partial charge < -0.3 is 0 Å². The highest BCUT2D eigenvalue weighted by Crippen LogP contribution is 2.61. The van der Waals surface area contributed by atoms with Crippen molar-refractivity contribution in [1.29, 1.82) is 0 Å². The monoisotopic (exact) mass is 376 g/mol. The third kappa shape index (κ3) is 9.03. The third-order valence-corrected chi connectivity index (χ3v) is 9.26. The number of unbranched alkanes of at least 4 members (excludes halogenated alkanes) is 7. The van der Waals surface area contributed by atoms with Crippen LogP contribution in [0.25, 0.3) is 0 Å². The van der Waals surface area contributed by atoms with Crippen LogP contribution in [0.1, 0.15) is 111 Å². The van der Waals surface area contributed by atoms with Crippen LogP contribution in [0, 0.1) is 0 Å². The summed E-state index contributed by atoms with van der Waals surface area (Å²) >= 11 is 0. The largest absolute Gasteiger partial charge is 0.0911 e. The lowest BCUT2D eigenvalue weighted by Crippen LogP contribution is -2.26. The van der Waals surface area contributed by atoms with Gasteiger partial charge in [-0.2, -0.15) is 0 Å². The van der Waals surface area contributed by atoms with E-state index in [0.29, 0.717) is 10.3 Å². The van der Waals surface area contributed by atoms with Gasteiger partial charge in [-0.1, -0.05) is 126 Å². The molecule has 0 atom stereocenters. The highest BCUT2D eigenvalue weighted by Gasteiger charge is 2.34. The Hall–Kier alpha value is -0.350. The Morgan fingerprint density at radius 3 is 1.62 bits per heavy atom. The highest BCUT2D eigenvalue weighted by atomic mass is 31.1. The van der Waals surface area contributed by atoms with Crippen LogP contribution in [0.15, 0.2) is 24.3 Å². The summed E-state index contributed by atoms with van der Waals surface area (Å²) in [6.07, 6.45) is 13.8. The van der Waals surface area contributed by atoms with Gasteiger partial charge in [0.25, 0.3) is 0 Å². The summed E-state index contributed by atoms with van der Waals surface area (Å²) in [6, 6.07) is 9.26. The Balaban J connectivity index is 2.56. The lowest BCUT2D eigenvalue weighted by Gasteiger charge is -2.42. The van der Waals surface area contributed by atoms with E-state index in [9.17, 15) is 0 Å². The molecule has 1 aromatic rings. The quantitative estimate of drug-likeness (QED) is 0.267. The summed E-state index contributed by atoms with van der Waals surface area (Å²) in [4.78, 5) is 0. The van der Waals surface area contributed by atoms with E-state index in [1.165, 1.54) is 63.9 Å². The normalized spacial score (nSPS) is 12.8. The predicted octanol–water partition coefficient (Wildman–Crippen LogP) is 8.95. The van der Waals surface area contributed by atoms with Gasteiger partial charge in [0.05, 0.1) is 0 Å². The summed E-state index contributed by atoms with van der Waals surface area (Å²) in [5.74, 6) is 0. The molecule has 0 unspecified atom stereocenters. The molecule has 0 aliphatic rings. The van der Waals surface area contributed by atoms with Gasteiger partial charge in [0.2, 0.25) is 0 Å². The molecule has 0 spiro atoms. The van der Waals surface area contributed by atoms with Gasteiger partial charge in [-0.05, 0) is 40.4 Å². The maximum atomic E-state index is 2.44. The van der Waals surface area contributed by atoms with Gasteiger partial charge >= 0.3 is 0 Å². The molecule has 0 bridgehead atoms. The molecule has 1 heteroatoms. The fourth-order valence-electron chi connectivity index (χ4n) is 4.06. The van der Waals surface area contributed by atoms with E-state index in [0.717, 1.165) is 0 Å². The first-order valence-electron chi connectivity index (χ1n) is 11.0. The van der Waals surface area contributed by atoms with E-state index >= 15 is 0 Å². The summed E-state index contributed by atoms with van der Waals surface area (Å²) in [6.45, 7) is 16.9.